The summed E-state index contributed by atoms with van der Waals surface area (Å²) in [6.45, 7) is 0.210. The highest BCUT2D eigenvalue weighted by Gasteiger charge is 2.12. The third-order valence-electron chi connectivity index (χ3n) is 3.32. The SMILES string of the molecule is O=C(NCc1ccc(S(=O)(=O)O)cc1)c1cc2ccccc2o1. The normalized spacial score (nSPS) is 11.5. The van der Waals surface area contributed by atoms with Gasteiger partial charge in [0.05, 0.1) is 4.90 Å². The molecule has 1 amide bonds. The molecule has 1 heterocycles. The molecule has 6 nitrogen and oxygen atoms in total. The molecule has 0 aliphatic carbocycles. The summed E-state index contributed by atoms with van der Waals surface area (Å²) in [4.78, 5) is 11.9. The van der Waals surface area contributed by atoms with E-state index in [1.54, 1.807) is 12.1 Å². The van der Waals surface area contributed by atoms with Crippen molar-refractivity contribution in [3.8, 4) is 0 Å². The Kier molecular flexibility index (Phi) is 3.89. The molecule has 2 aromatic carbocycles. The van der Waals surface area contributed by atoms with Crippen LogP contribution in [0.2, 0.25) is 0 Å². The number of fused-ring (bicyclic) bond motifs is 1. The van der Waals surface area contributed by atoms with Crippen molar-refractivity contribution in [2.75, 3.05) is 0 Å². The molecule has 0 aliphatic rings. The summed E-state index contributed by atoms with van der Waals surface area (Å²) in [7, 11) is -4.21. The zero-order valence-electron chi connectivity index (χ0n) is 11.9. The van der Waals surface area contributed by atoms with Crippen molar-refractivity contribution < 1.29 is 22.2 Å². The number of rotatable bonds is 4. The van der Waals surface area contributed by atoms with E-state index in [9.17, 15) is 13.2 Å². The molecule has 0 spiro atoms. The fourth-order valence-electron chi connectivity index (χ4n) is 2.14. The molecule has 2 N–H and O–H groups in total. The minimum atomic E-state index is -4.21. The maximum absolute atomic E-state index is 12.1. The summed E-state index contributed by atoms with van der Waals surface area (Å²) in [5.74, 6) is -0.152. The number of hydrogen-bond acceptors (Lipinski definition) is 4. The molecule has 0 aliphatic heterocycles. The van der Waals surface area contributed by atoms with Gasteiger partial charge in [-0.05, 0) is 29.8 Å². The topological polar surface area (TPSA) is 96.6 Å². The Hall–Kier alpha value is -2.64. The number of benzene rings is 2. The first-order chi connectivity index (χ1) is 10.9. The summed E-state index contributed by atoms with van der Waals surface area (Å²) in [5, 5.41) is 3.53. The molecule has 0 fully saturated rings. The van der Waals surface area contributed by atoms with Crippen molar-refractivity contribution in [3.05, 3.63) is 65.9 Å². The lowest BCUT2D eigenvalue weighted by molar-refractivity contribution is 0.0925. The Labute approximate surface area is 132 Å². The molecule has 3 aromatic rings. The smallest absolute Gasteiger partial charge is 0.294 e. The second-order valence-electron chi connectivity index (χ2n) is 4.95. The van der Waals surface area contributed by atoms with E-state index in [2.05, 4.69) is 5.32 Å². The predicted octanol–water partition coefficient (Wildman–Crippen LogP) is 2.61. The summed E-state index contributed by atoms with van der Waals surface area (Å²) in [5.41, 5.74) is 1.33. The van der Waals surface area contributed by atoms with Crippen LogP contribution in [0, 0.1) is 0 Å². The number of furan rings is 1. The zero-order chi connectivity index (χ0) is 16.4. The van der Waals surface area contributed by atoms with Crippen molar-refractivity contribution >= 4 is 27.0 Å². The first-order valence-corrected chi connectivity index (χ1v) is 8.21. The quantitative estimate of drug-likeness (QED) is 0.716. The highest BCUT2D eigenvalue weighted by molar-refractivity contribution is 7.85. The second kappa shape index (κ2) is 5.86. The van der Waals surface area contributed by atoms with Gasteiger partial charge in [-0.15, -0.1) is 0 Å². The summed E-state index contributed by atoms with van der Waals surface area (Å²) >= 11 is 0. The number of amides is 1. The Bertz CT molecular complexity index is 925. The third-order valence-corrected chi connectivity index (χ3v) is 4.19. The lowest BCUT2D eigenvalue weighted by Crippen LogP contribution is -2.22. The van der Waals surface area contributed by atoms with Crippen LogP contribution in [0.25, 0.3) is 11.0 Å². The van der Waals surface area contributed by atoms with Gasteiger partial charge in [-0.3, -0.25) is 9.35 Å². The second-order valence-corrected chi connectivity index (χ2v) is 6.37. The van der Waals surface area contributed by atoms with E-state index in [0.29, 0.717) is 11.1 Å². The first kappa shape index (κ1) is 15.3. The Balaban J connectivity index is 1.69. The Morgan fingerprint density at radius 2 is 1.78 bits per heavy atom. The van der Waals surface area contributed by atoms with Crippen molar-refractivity contribution in [2.24, 2.45) is 0 Å². The molecular weight excluding hydrogens is 318 g/mol. The van der Waals surface area contributed by atoms with Crippen molar-refractivity contribution in [3.63, 3.8) is 0 Å². The molecule has 0 saturated carbocycles. The largest absolute Gasteiger partial charge is 0.451 e. The minimum absolute atomic E-state index is 0.190. The number of carbonyl (C=O) groups excluding carboxylic acids is 1. The zero-order valence-corrected chi connectivity index (χ0v) is 12.7. The average Bonchev–Trinajstić information content (AvgIpc) is 2.96. The number of nitrogens with one attached hydrogen (secondary N) is 1. The van der Waals surface area contributed by atoms with Crippen molar-refractivity contribution in [1.29, 1.82) is 0 Å². The molecule has 7 heteroatoms. The van der Waals surface area contributed by atoms with E-state index >= 15 is 0 Å². The van der Waals surface area contributed by atoms with E-state index < -0.39 is 10.1 Å². The van der Waals surface area contributed by atoms with Crippen LogP contribution in [0.5, 0.6) is 0 Å². The first-order valence-electron chi connectivity index (χ1n) is 6.77. The van der Waals surface area contributed by atoms with Gasteiger partial charge in [-0.25, -0.2) is 0 Å². The van der Waals surface area contributed by atoms with Gasteiger partial charge in [0.25, 0.3) is 16.0 Å². The Morgan fingerprint density at radius 3 is 2.43 bits per heavy atom. The van der Waals surface area contributed by atoms with E-state index in [1.807, 2.05) is 18.2 Å². The number of carbonyl (C=O) groups is 1. The maximum Gasteiger partial charge on any atom is 0.294 e. The minimum Gasteiger partial charge on any atom is -0.451 e. The van der Waals surface area contributed by atoms with Gasteiger partial charge in [0.1, 0.15) is 5.58 Å². The van der Waals surface area contributed by atoms with Gasteiger partial charge < -0.3 is 9.73 Å². The van der Waals surface area contributed by atoms with Crippen LogP contribution in [0.3, 0.4) is 0 Å². The van der Waals surface area contributed by atoms with Crippen LogP contribution < -0.4 is 5.32 Å². The number of hydrogen-bond donors (Lipinski definition) is 2. The van der Waals surface area contributed by atoms with Crippen LogP contribution in [0.15, 0.2) is 63.9 Å². The lowest BCUT2D eigenvalue weighted by Gasteiger charge is -2.04. The van der Waals surface area contributed by atoms with E-state index in [-0.39, 0.29) is 23.1 Å². The predicted molar refractivity (Wildman–Crippen MR) is 83.6 cm³/mol. The summed E-state index contributed by atoms with van der Waals surface area (Å²) < 4.78 is 36.3. The van der Waals surface area contributed by atoms with Crippen molar-refractivity contribution in [2.45, 2.75) is 11.4 Å². The van der Waals surface area contributed by atoms with Gasteiger partial charge in [0.15, 0.2) is 5.76 Å². The van der Waals surface area contributed by atoms with Gasteiger partial charge in [-0.2, -0.15) is 8.42 Å². The molecule has 0 unspecified atom stereocenters. The fraction of sp³-hybridized carbons (Fsp3) is 0.0625. The van der Waals surface area contributed by atoms with Gasteiger partial charge in [-0.1, -0.05) is 30.3 Å². The molecule has 0 bridgehead atoms. The fourth-order valence-corrected chi connectivity index (χ4v) is 2.62. The Morgan fingerprint density at radius 1 is 1.09 bits per heavy atom. The molecule has 0 radical (unpaired) electrons. The molecular formula is C16H13NO5S. The molecule has 23 heavy (non-hydrogen) atoms. The van der Waals surface area contributed by atoms with Crippen molar-refractivity contribution in [1.82, 2.24) is 5.32 Å². The highest BCUT2D eigenvalue weighted by Crippen LogP contribution is 2.18. The molecule has 1 aromatic heterocycles. The molecule has 0 atom stereocenters. The molecule has 118 valence electrons. The van der Waals surface area contributed by atoms with E-state index in [0.717, 1.165) is 5.39 Å². The maximum atomic E-state index is 12.1. The average molecular weight is 331 g/mol. The van der Waals surface area contributed by atoms with Crippen LogP contribution >= 0.6 is 0 Å². The summed E-state index contributed by atoms with van der Waals surface area (Å²) in [6.07, 6.45) is 0. The molecule has 0 saturated heterocycles. The van der Waals surface area contributed by atoms with Crippen LogP contribution in [0.1, 0.15) is 16.1 Å². The lowest BCUT2D eigenvalue weighted by atomic mass is 10.2. The monoisotopic (exact) mass is 331 g/mol. The third kappa shape index (κ3) is 3.41. The standard InChI is InChI=1S/C16H13NO5S/c18-16(15-9-12-3-1-2-4-14(12)22-15)17-10-11-5-7-13(8-6-11)23(19,20)21/h1-9H,10H2,(H,17,18)(H,19,20,21). The highest BCUT2D eigenvalue weighted by atomic mass is 32.2. The van der Waals surface area contributed by atoms with Gasteiger partial charge in [0.2, 0.25) is 0 Å². The molecule has 3 rings (SSSR count). The van der Waals surface area contributed by atoms with Crippen LogP contribution in [0.4, 0.5) is 0 Å². The number of para-hydroxylation sites is 1. The van der Waals surface area contributed by atoms with E-state index in [1.165, 1.54) is 24.3 Å². The van der Waals surface area contributed by atoms with Crippen LogP contribution in [-0.2, 0) is 16.7 Å². The summed E-state index contributed by atoms with van der Waals surface area (Å²) in [6, 6.07) is 14.6. The van der Waals surface area contributed by atoms with Gasteiger partial charge in [0, 0.05) is 11.9 Å². The van der Waals surface area contributed by atoms with Crippen LogP contribution in [-0.4, -0.2) is 18.9 Å². The van der Waals surface area contributed by atoms with Gasteiger partial charge >= 0.3 is 0 Å². The van der Waals surface area contributed by atoms with E-state index in [4.69, 9.17) is 8.97 Å².